The van der Waals surface area contributed by atoms with Gasteiger partial charge in [0, 0.05) is 12.0 Å². The molecular weight excluding hydrogens is 260 g/mol. The summed E-state index contributed by atoms with van der Waals surface area (Å²) < 4.78 is 6.94. The quantitative estimate of drug-likeness (QED) is 0.815. The second-order valence-electron chi connectivity index (χ2n) is 4.28. The van der Waals surface area contributed by atoms with Crippen molar-refractivity contribution >= 4 is 5.97 Å². The van der Waals surface area contributed by atoms with E-state index in [4.69, 9.17) is 9.84 Å². The van der Waals surface area contributed by atoms with E-state index in [9.17, 15) is 4.79 Å². The van der Waals surface area contributed by atoms with Crippen LogP contribution in [-0.2, 0) is 17.8 Å². The average molecular weight is 276 g/mol. The van der Waals surface area contributed by atoms with Gasteiger partial charge in [0.1, 0.15) is 12.3 Å². The molecule has 2 aromatic rings. The number of carboxylic acids is 1. The molecule has 0 amide bonds. The Bertz CT molecular complexity index is 583. The van der Waals surface area contributed by atoms with Crippen molar-refractivity contribution in [3.8, 4) is 5.75 Å². The normalized spacial score (nSPS) is 10.4. The van der Waals surface area contributed by atoms with Gasteiger partial charge in [-0.1, -0.05) is 25.1 Å². The summed E-state index contributed by atoms with van der Waals surface area (Å²) in [5, 5.41) is 19.9. The van der Waals surface area contributed by atoms with Crippen LogP contribution in [0.15, 0.2) is 24.3 Å². The van der Waals surface area contributed by atoms with Crippen molar-refractivity contribution in [2.75, 3.05) is 6.61 Å². The highest BCUT2D eigenvalue weighted by Gasteiger charge is 2.12. The lowest BCUT2D eigenvalue weighted by Crippen LogP contribution is -2.14. The zero-order valence-electron chi connectivity index (χ0n) is 11.2. The van der Waals surface area contributed by atoms with Crippen molar-refractivity contribution < 1.29 is 14.6 Å². The standard InChI is InChI=1S/C13H16N4O3/c1-2-7-20-11-6-4-3-5-10(11)8-12-14-15-16-17(12)9-13(18)19/h3-6H,2,7-9H2,1H3,(H,18,19). The molecule has 7 nitrogen and oxygen atoms in total. The van der Waals surface area contributed by atoms with Gasteiger partial charge in [-0.3, -0.25) is 4.79 Å². The molecule has 1 aromatic heterocycles. The van der Waals surface area contributed by atoms with E-state index in [1.54, 1.807) is 0 Å². The van der Waals surface area contributed by atoms with Gasteiger partial charge < -0.3 is 9.84 Å². The first-order valence-electron chi connectivity index (χ1n) is 6.38. The fraction of sp³-hybridized carbons (Fsp3) is 0.385. The zero-order chi connectivity index (χ0) is 14.4. The van der Waals surface area contributed by atoms with Crippen molar-refractivity contribution in [2.24, 2.45) is 0 Å². The molecule has 0 bridgehead atoms. The summed E-state index contributed by atoms with van der Waals surface area (Å²) in [5.74, 6) is 0.299. The molecule has 0 saturated carbocycles. The number of para-hydroxylation sites is 1. The summed E-state index contributed by atoms with van der Waals surface area (Å²) in [5.41, 5.74) is 0.933. The minimum Gasteiger partial charge on any atom is -0.493 e. The maximum atomic E-state index is 10.7. The van der Waals surface area contributed by atoms with E-state index in [0.717, 1.165) is 17.7 Å². The number of hydrogen-bond acceptors (Lipinski definition) is 5. The highest BCUT2D eigenvalue weighted by molar-refractivity contribution is 5.66. The zero-order valence-corrected chi connectivity index (χ0v) is 11.2. The molecule has 1 N–H and O–H groups in total. The molecular formula is C13H16N4O3. The maximum absolute atomic E-state index is 10.7. The van der Waals surface area contributed by atoms with Gasteiger partial charge >= 0.3 is 5.97 Å². The average Bonchev–Trinajstić information content (AvgIpc) is 2.84. The minimum absolute atomic E-state index is 0.250. The smallest absolute Gasteiger partial charge is 0.325 e. The van der Waals surface area contributed by atoms with Crippen LogP contribution in [0.4, 0.5) is 0 Å². The second-order valence-corrected chi connectivity index (χ2v) is 4.28. The first kappa shape index (κ1) is 14.0. The van der Waals surface area contributed by atoms with Crippen LogP contribution in [0, 0.1) is 0 Å². The van der Waals surface area contributed by atoms with E-state index in [2.05, 4.69) is 15.5 Å². The second kappa shape index (κ2) is 6.65. The number of nitrogens with zero attached hydrogens (tertiary/aromatic N) is 4. The van der Waals surface area contributed by atoms with E-state index in [1.807, 2.05) is 31.2 Å². The lowest BCUT2D eigenvalue weighted by Gasteiger charge is -2.10. The molecule has 0 aliphatic carbocycles. The summed E-state index contributed by atoms with van der Waals surface area (Å²) in [6, 6.07) is 7.61. The fourth-order valence-electron chi connectivity index (χ4n) is 1.77. The third kappa shape index (κ3) is 3.53. The molecule has 0 aliphatic heterocycles. The predicted octanol–water partition coefficient (Wildman–Crippen LogP) is 1.14. The number of aromatic nitrogens is 4. The van der Waals surface area contributed by atoms with E-state index in [0.29, 0.717) is 18.9 Å². The predicted molar refractivity (Wildman–Crippen MR) is 70.5 cm³/mol. The summed E-state index contributed by atoms with van der Waals surface area (Å²) in [6.45, 7) is 2.42. The van der Waals surface area contributed by atoms with Crippen molar-refractivity contribution in [1.82, 2.24) is 20.2 Å². The summed E-state index contributed by atoms with van der Waals surface area (Å²) in [4.78, 5) is 10.7. The summed E-state index contributed by atoms with van der Waals surface area (Å²) in [6.07, 6.45) is 1.35. The Balaban J connectivity index is 2.17. The van der Waals surface area contributed by atoms with E-state index in [1.165, 1.54) is 4.68 Å². The van der Waals surface area contributed by atoms with E-state index < -0.39 is 5.97 Å². The third-order valence-corrected chi connectivity index (χ3v) is 2.67. The molecule has 0 radical (unpaired) electrons. The Morgan fingerprint density at radius 1 is 1.40 bits per heavy atom. The molecule has 1 heterocycles. The molecule has 1 aromatic carbocycles. The van der Waals surface area contributed by atoms with Gasteiger partial charge in [-0.15, -0.1) is 5.10 Å². The van der Waals surface area contributed by atoms with Crippen molar-refractivity contribution in [2.45, 2.75) is 26.3 Å². The Kier molecular flexibility index (Phi) is 4.65. The van der Waals surface area contributed by atoms with Gasteiger partial charge in [0.15, 0.2) is 5.82 Å². The van der Waals surface area contributed by atoms with Gasteiger partial charge in [-0.2, -0.15) is 0 Å². The lowest BCUT2D eigenvalue weighted by atomic mass is 10.1. The molecule has 0 fully saturated rings. The number of carbonyl (C=O) groups is 1. The van der Waals surface area contributed by atoms with Crippen LogP contribution in [-0.4, -0.2) is 37.9 Å². The first-order valence-corrected chi connectivity index (χ1v) is 6.38. The molecule has 7 heteroatoms. The van der Waals surface area contributed by atoms with Crippen molar-refractivity contribution in [1.29, 1.82) is 0 Å². The van der Waals surface area contributed by atoms with Crippen LogP contribution in [0.2, 0.25) is 0 Å². The molecule has 0 saturated heterocycles. The van der Waals surface area contributed by atoms with Gasteiger partial charge in [-0.05, 0) is 22.9 Å². The molecule has 106 valence electrons. The largest absolute Gasteiger partial charge is 0.493 e. The van der Waals surface area contributed by atoms with Crippen LogP contribution in [0.25, 0.3) is 0 Å². The van der Waals surface area contributed by atoms with E-state index in [-0.39, 0.29) is 6.54 Å². The molecule has 2 rings (SSSR count). The topological polar surface area (TPSA) is 90.1 Å². The van der Waals surface area contributed by atoms with Crippen LogP contribution < -0.4 is 4.74 Å². The van der Waals surface area contributed by atoms with Crippen LogP contribution in [0.1, 0.15) is 24.7 Å². The Morgan fingerprint density at radius 2 is 2.20 bits per heavy atom. The molecule has 0 spiro atoms. The SMILES string of the molecule is CCCOc1ccccc1Cc1nnnn1CC(=O)O. The van der Waals surface area contributed by atoms with Gasteiger partial charge in [-0.25, -0.2) is 4.68 Å². The minimum atomic E-state index is -0.978. The Morgan fingerprint density at radius 3 is 2.95 bits per heavy atom. The number of aliphatic carboxylic acids is 1. The lowest BCUT2D eigenvalue weighted by molar-refractivity contribution is -0.138. The monoisotopic (exact) mass is 276 g/mol. The molecule has 0 atom stereocenters. The molecule has 0 unspecified atom stereocenters. The van der Waals surface area contributed by atoms with Gasteiger partial charge in [0.05, 0.1) is 6.61 Å². The van der Waals surface area contributed by atoms with Crippen LogP contribution in [0.5, 0.6) is 5.75 Å². The Hall–Kier alpha value is -2.44. The van der Waals surface area contributed by atoms with Crippen molar-refractivity contribution in [3.63, 3.8) is 0 Å². The van der Waals surface area contributed by atoms with Crippen LogP contribution >= 0.6 is 0 Å². The van der Waals surface area contributed by atoms with Gasteiger partial charge in [0.2, 0.25) is 0 Å². The number of benzene rings is 1. The first-order chi connectivity index (χ1) is 9.70. The molecule has 20 heavy (non-hydrogen) atoms. The third-order valence-electron chi connectivity index (χ3n) is 2.67. The van der Waals surface area contributed by atoms with Gasteiger partial charge in [0.25, 0.3) is 0 Å². The maximum Gasteiger partial charge on any atom is 0.325 e. The number of ether oxygens (including phenoxy) is 1. The summed E-state index contributed by atoms with van der Waals surface area (Å²) in [7, 11) is 0. The fourth-order valence-corrected chi connectivity index (χ4v) is 1.77. The highest BCUT2D eigenvalue weighted by Crippen LogP contribution is 2.20. The summed E-state index contributed by atoms with van der Waals surface area (Å²) >= 11 is 0. The number of carboxylic acid groups (broad SMARTS) is 1. The van der Waals surface area contributed by atoms with Crippen LogP contribution in [0.3, 0.4) is 0 Å². The van der Waals surface area contributed by atoms with E-state index >= 15 is 0 Å². The number of rotatable bonds is 7. The Labute approximate surface area is 116 Å². The van der Waals surface area contributed by atoms with Crippen molar-refractivity contribution in [3.05, 3.63) is 35.7 Å². The molecule has 0 aliphatic rings. The highest BCUT2D eigenvalue weighted by atomic mass is 16.5. The number of hydrogen-bond donors (Lipinski definition) is 1. The number of tetrazole rings is 1.